The summed E-state index contributed by atoms with van der Waals surface area (Å²) >= 11 is 0. The molecule has 0 bridgehead atoms. The molecule has 4 aromatic carbocycles. The number of nitrogens with zero attached hydrogens (tertiary/aromatic N) is 1. The molecule has 1 atom stereocenters. The molecule has 1 unspecified atom stereocenters. The van der Waals surface area contributed by atoms with E-state index in [1.54, 1.807) is 32.0 Å². The molecular weight excluding hydrogens is 548 g/mol. The zero-order valence-electron chi connectivity index (χ0n) is 23.9. The van der Waals surface area contributed by atoms with Crippen LogP contribution in [-0.2, 0) is 27.8 Å². The quantitative estimate of drug-likeness (QED) is 0.196. The predicted molar refractivity (Wildman–Crippen MR) is 166 cm³/mol. The summed E-state index contributed by atoms with van der Waals surface area (Å²) in [6.45, 7) is 2.99. The first-order chi connectivity index (χ1) is 20.2. The van der Waals surface area contributed by atoms with Crippen molar-refractivity contribution in [3.05, 3.63) is 131 Å². The fourth-order valence-corrected chi connectivity index (χ4v) is 7.08. The lowest BCUT2D eigenvalue weighted by molar-refractivity contribution is -0.116. The number of carbonyl (C=O) groups is 1. The van der Waals surface area contributed by atoms with Crippen molar-refractivity contribution in [2.75, 3.05) is 11.9 Å². The molecule has 0 saturated carbocycles. The Hall–Kier alpha value is -3.82. The second-order valence-corrected chi connectivity index (χ2v) is 12.4. The van der Waals surface area contributed by atoms with Gasteiger partial charge in [-0.25, -0.2) is 8.42 Å². The third-order valence-corrected chi connectivity index (χ3v) is 9.38. The highest BCUT2D eigenvalue weighted by Gasteiger charge is 2.33. The summed E-state index contributed by atoms with van der Waals surface area (Å²) in [6, 6.07) is 32.1. The summed E-state index contributed by atoms with van der Waals surface area (Å²) in [5.74, 6) is -0.244. The van der Waals surface area contributed by atoms with E-state index in [-0.39, 0.29) is 42.8 Å². The topological polar surface area (TPSA) is 107 Å². The van der Waals surface area contributed by atoms with E-state index in [1.165, 1.54) is 16.4 Å². The molecule has 0 spiro atoms. The lowest BCUT2D eigenvalue weighted by Gasteiger charge is -2.33. The van der Waals surface area contributed by atoms with Crippen LogP contribution in [-0.4, -0.2) is 47.5 Å². The highest BCUT2D eigenvalue weighted by Crippen LogP contribution is 2.29. The number of nitrogens with one attached hydrogen (secondary N) is 1. The molecule has 0 fully saturated rings. The monoisotopic (exact) mass is 586 g/mol. The van der Waals surface area contributed by atoms with Gasteiger partial charge in [-0.3, -0.25) is 4.79 Å². The summed E-state index contributed by atoms with van der Waals surface area (Å²) in [6.07, 6.45) is 0.509. The van der Waals surface area contributed by atoms with Crippen molar-refractivity contribution >= 4 is 21.6 Å². The van der Waals surface area contributed by atoms with E-state index in [4.69, 9.17) is 0 Å². The Labute approximate surface area is 248 Å². The summed E-state index contributed by atoms with van der Waals surface area (Å²) < 4.78 is 28.5. The van der Waals surface area contributed by atoms with Gasteiger partial charge in [-0.05, 0) is 66.8 Å². The van der Waals surface area contributed by atoms with Crippen molar-refractivity contribution in [1.82, 2.24) is 4.31 Å². The maximum absolute atomic E-state index is 13.6. The molecule has 0 radical (unpaired) electrons. The van der Waals surface area contributed by atoms with E-state index in [9.17, 15) is 23.4 Å². The minimum atomic E-state index is -3.93. The number of hydrogen-bond acceptors (Lipinski definition) is 5. The number of hydrogen-bond donors (Lipinski definition) is 3. The minimum Gasteiger partial charge on any atom is -0.395 e. The van der Waals surface area contributed by atoms with Crippen LogP contribution in [0.4, 0.5) is 5.69 Å². The first-order valence-corrected chi connectivity index (χ1v) is 15.5. The van der Waals surface area contributed by atoms with Crippen molar-refractivity contribution < 1.29 is 23.4 Å². The molecule has 0 aliphatic rings. The molecule has 0 aliphatic heterocycles. The van der Waals surface area contributed by atoms with Gasteiger partial charge in [-0.1, -0.05) is 84.9 Å². The molecule has 3 N–H and O–H groups in total. The fourth-order valence-electron chi connectivity index (χ4n) is 5.26. The van der Waals surface area contributed by atoms with Crippen molar-refractivity contribution in [2.45, 2.75) is 56.2 Å². The van der Waals surface area contributed by atoms with Crippen molar-refractivity contribution in [1.29, 1.82) is 0 Å². The number of benzene rings is 4. The molecule has 7 nitrogen and oxygen atoms in total. The molecule has 4 rings (SSSR count). The van der Waals surface area contributed by atoms with Crippen LogP contribution in [0.2, 0.25) is 0 Å². The Balaban J connectivity index is 1.51. The number of anilines is 1. The standard InChI is InChI=1S/C34H38N2O5S/c1-25(2)36(42(40,41)32-18-16-26(23-37)17-19-32)31(24-38)21-27-10-9-15-30(20-27)35-34(39)22-33(28-11-5-3-6-12-28)29-13-7-4-8-14-29/h3-20,25,31,33,37-38H,21-24H2,1-2H3,(H,35,39). The van der Waals surface area contributed by atoms with Gasteiger partial charge in [0.05, 0.1) is 24.2 Å². The second-order valence-electron chi connectivity index (χ2n) is 10.6. The second kappa shape index (κ2) is 14.4. The van der Waals surface area contributed by atoms with E-state index in [0.29, 0.717) is 11.3 Å². The van der Waals surface area contributed by atoms with E-state index >= 15 is 0 Å². The summed E-state index contributed by atoms with van der Waals surface area (Å²) in [5, 5.41) is 22.7. The Kier molecular flexibility index (Phi) is 10.7. The normalized spacial score (nSPS) is 12.5. The average Bonchev–Trinajstić information content (AvgIpc) is 3.00. The molecule has 0 aliphatic carbocycles. The van der Waals surface area contributed by atoms with Crippen LogP contribution < -0.4 is 5.32 Å². The van der Waals surface area contributed by atoms with Gasteiger partial charge < -0.3 is 15.5 Å². The van der Waals surface area contributed by atoms with Crippen LogP contribution in [0.1, 0.15) is 48.4 Å². The van der Waals surface area contributed by atoms with E-state index < -0.39 is 22.1 Å². The molecule has 220 valence electrons. The Bertz CT molecular complexity index is 1500. The highest BCUT2D eigenvalue weighted by atomic mass is 32.2. The molecule has 4 aromatic rings. The van der Waals surface area contributed by atoms with Gasteiger partial charge in [0.1, 0.15) is 0 Å². The average molecular weight is 587 g/mol. The van der Waals surface area contributed by atoms with Crippen molar-refractivity contribution in [3.8, 4) is 0 Å². The molecule has 0 heterocycles. The first kappa shape index (κ1) is 31.1. The van der Waals surface area contributed by atoms with Crippen molar-refractivity contribution in [2.24, 2.45) is 0 Å². The molecule has 1 amide bonds. The van der Waals surface area contributed by atoms with Gasteiger partial charge in [-0.2, -0.15) is 4.31 Å². The van der Waals surface area contributed by atoms with Crippen LogP contribution in [0.15, 0.2) is 114 Å². The molecule has 42 heavy (non-hydrogen) atoms. The van der Waals surface area contributed by atoms with Gasteiger partial charge in [0, 0.05) is 24.1 Å². The van der Waals surface area contributed by atoms with E-state index in [2.05, 4.69) is 5.32 Å². The van der Waals surface area contributed by atoms with Gasteiger partial charge >= 0.3 is 0 Å². The highest BCUT2D eigenvalue weighted by molar-refractivity contribution is 7.89. The zero-order valence-corrected chi connectivity index (χ0v) is 24.7. The number of aliphatic hydroxyl groups excluding tert-OH is 2. The molecular formula is C34H38N2O5S. The largest absolute Gasteiger partial charge is 0.395 e. The van der Waals surface area contributed by atoms with Crippen LogP contribution in [0.3, 0.4) is 0 Å². The van der Waals surface area contributed by atoms with Crippen LogP contribution >= 0.6 is 0 Å². The van der Waals surface area contributed by atoms with Gasteiger partial charge in [0.15, 0.2) is 0 Å². The smallest absolute Gasteiger partial charge is 0.243 e. The molecule has 8 heteroatoms. The Morgan fingerprint density at radius 3 is 1.90 bits per heavy atom. The SMILES string of the molecule is CC(C)N(C(CO)Cc1cccc(NC(=O)CC(c2ccccc2)c2ccccc2)c1)S(=O)(=O)c1ccc(CO)cc1. The van der Waals surface area contributed by atoms with Gasteiger partial charge in [0.2, 0.25) is 15.9 Å². The third kappa shape index (κ3) is 7.72. The van der Waals surface area contributed by atoms with Crippen molar-refractivity contribution in [3.63, 3.8) is 0 Å². The van der Waals surface area contributed by atoms with Gasteiger partial charge in [0.25, 0.3) is 0 Å². The van der Waals surface area contributed by atoms with Crippen LogP contribution in [0, 0.1) is 0 Å². The van der Waals surface area contributed by atoms with Crippen LogP contribution in [0.5, 0.6) is 0 Å². The Morgan fingerprint density at radius 2 is 1.38 bits per heavy atom. The lowest BCUT2D eigenvalue weighted by Crippen LogP contribution is -2.47. The number of aliphatic hydroxyl groups is 2. The predicted octanol–water partition coefficient (Wildman–Crippen LogP) is 5.34. The summed E-state index contributed by atoms with van der Waals surface area (Å²) in [7, 11) is -3.93. The summed E-state index contributed by atoms with van der Waals surface area (Å²) in [5.41, 5.74) is 4.11. The summed E-state index contributed by atoms with van der Waals surface area (Å²) in [4.78, 5) is 13.3. The maximum atomic E-state index is 13.6. The fraction of sp³-hybridized carbons (Fsp3) is 0.265. The zero-order chi connectivity index (χ0) is 30.1. The Morgan fingerprint density at radius 1 is 0.786 bits per heavy atom. The number of carbonyl (C=O) groups excluding carboxylic acids is 1. The minimum absolute atomic E-state index is 0.0965. The van der Waals surface area contributed by atoms with Crippen LogP contribution in [0.25, 0.3) is 0 Å². The number of sulfonamides is 1. The third-order valence-electron chi connectivity index (χ3n) is 7.24. The lowest BCUT2D eigenvalue weighted by atomic mass is 9.88. The van der Waals surface area contributed by atoms with Gasteiger partial charge in [-0.15, -0.1) is 0 Å². The molecule has 0 aromatic heterocycles. The number of amides is 1. The van der Waals surface area contributed by atoms with E-state index in [0.717, 1.165) is 16.7 Å². The maximum Gasteiger partial charge on any atom is 0.243 e. The van der Waals surface area contributed by atoms with E-state index in [1.807, 2.05) is 78.9 Å². The first-order valence-electron chi connectivity index (χ1n) is 14.1. The molecule has 0 saturated heterocycles. The number of rotatable bonds is 13.